The van der Waals surface area contributed by atoms with Crippen LogP contribution in [-0.4, -0.2) is 9.13 Å². The van der Waals surface area contributed by atoms with Crippen LogP contribution in [-0.2, 0) is 0 Å². The molecule has 0 fully saturated rings. The van der Waals surface area contributed by atoms with Gasteiger partial charge in [0, 0.05) is 69.5 Å². The summed E-state index contributed by atoms with van der Waals surface area (Å²) < 4.78 is 7.61. The summed E-state index contributed by atoms with van der Waals surface area (Å²) in [6.45, 7) is 0. The molecule has 1 aliphatic carbocycles. The first-order valence-corrected chi connectivity index (χ1v) is 19.6. The van der Waals surface area contributed by atoms with Gasteiger partial charge in [0.1, 0.15) is 0 Å². The highest BCUT2D eigenvalue weighted by Crippen LogP contribution is 2.55. The van der Waals surface area contributed by atoms with Crippen molar-refractivity contribution in [2.45, 2.75) is 17.2 Å². The zero-order valence-corrected chi connectivity index (χ0v) is 29.7. The highest BCUT2D eigenvalue weighted by molar-refractivity contribution is 8.03. The second-order valence-corrected chi connectivity index (χ2v) is 16.1. The van der Waals surface area contributed by atoms with E-state index in [0.29, 0.717) is 5.92 Å². The quantitative estimate of drug-likeness (QED) is 0.179. The topological polar surface area (TPSA) is 9.86 Å². The van der Waals surface area contributed by atoms with Gasteiger partial charge in [-0.15, -0.1) is 11.3 Å². The standard InChI is InChI=1S/C48H30N2S2/c1-2-12-29(13-3-1)49-41-22-8-5-16-39(41)45-42(49)27-26-34-31-14-4-7-21-40(31)50(46(34)45)30-24-25-33-36-18-11-20-38(48(36)52-44(33)28-30)37-19-10-17-35-32-15-6-9-23-43(32)51-47(35)37/h1-14,16-28,32H,15H2. The Kier molecular flexibility index (Phi) is 6.02. The summed E-state index contributed by atoms with van der Waals surface area (Å²) in [7, 11) is 0. The monoisotopic (exact) mass is 698 g/mol. The Bertz CT molecular complexity index is 3190. The molecule has 52 heavy (non-hydrogen) atoms. The van der Waals surface area contributed by atoms with Crippen LogP contribution < -0.4 is 0 Å². The maximum Gasteiger partial charge on any atom is 0.0641 e. The van der Waals surface area contributed by atoms with Crippen LogP contribution in [0.15, 0.2) is 174 Å². The zero-order valence-electron chi connectivity index (χ0n) is 28.1. The molecule has 1 unspecified atom stereocenters. The van der Waals surface area contributed by atoms with E-state index in [-0.39, 0.29) is 0 Å². The Morgan fingerprint density at radius 3 is 2.19 bits per heavy atom. The molecule has 0 bridgehead atoms. The number of nitrogens with zero attached hydrogens (tertiary/aromatic N) is 2. The van der Waals surface area contributed by atoms with Gasteiger partial charge in [0.05, 0.1) is 22.1 Å². The summed E-state index contributed by atoms with van der Waals surface area (Å²) in [5.41, 5.74) is 11.5. The molecule has 7 aromatic carbocycles. The minimum Gasteiger partial charge on any atom is -0.309 e. The van der Waals surface area contributed by atoms with Crippen LogP contribution in [0.3, 0.4) is 0 Å². The second kappa shape index (κ2) is 10.8. The molecule has 244 valence electrons. The van der Waals surface area contributed by atoms with E-state index >= 15 is 0 Å². The maximum absolute atomic E-state index is 2.52. The molecule has 1 atom stereocenters. The molecule has 0 saturated carbocycles. The molecule has 10 aromatic rings. The van der Waals surface area contributed by atoms with Crippen LogP contribution in [0.1, 0.15) is 17.9 Å². The SMILES string of the molecule is C1=CCC2C(=C1)Sc1c(-c3cccc4c3sc3cc(-n5c6ccccc6c6ccc7c(c8ccccc8n7-c7ccccc7)c65)ccc34)cccc12. The van der Waals surface area contributed by atoms with E-state index < -0.39 is 0 Å². The van der Waals surface area contributed by atoms with Crippen LogP contribution in [0, 0.1) is 0 Å². The first-order chi connectivity index (χ1) is 25.8. The summed E-state index contributed by atoms with van der Waals surface area (Å²) in [5, 5.41) is 7.75. The maximum atomic E-state index is 2.52. The van der Waals surface area contributed by atoms with Crippen molar-refractivity contribution in [3.63, 3.8) is 0 Å². The first kappa shape index (κ1) is 28.8. The lowest BCUT2D eigenvalue weighted by molar-refractivity contribution is 0.838. The number of aromatic nitrogens is 2. The molecule has 1 aliphatic heterocycles. The smallest absolute Gasteiger partial charge is 0.0641 e. The van der Waals surface area contributed by atoms with Crippen molar-refractivity contribution in [3.05, 3.63) is 174 Å². The molecule has 2 nitrogen and oxygen atoms in total. The van der Waals surface area contributed by atoms with Crippen molar-refractivity contribution >= 4 is 86.9 Å². The van der Waals surface area contributed by atoms with Gasteiger partial charge >= 0.3 is 0 Å². The molecule has 0 radical (unpaired) electrons. The third-order valence-corrected chi connectivity index (χ3v) is 13.8. The van der Waals surface area contributed by atoms with Gasteiger partial charge < -0.3 is 9.13 Å². The van der Waals surface area contributed by atoms with Crippen LogP contribution in [0.5, 0.6) is 0 Å². The van der Waals surface area contributed by atoms with Crippen molar-refractivity contribution in [3.8, 4) is 22.5 Å². The second-order valence-electron chi connectivity index (χ2n) is 14.0. The minimum atomic E-state index is 0.494. The van der Waals surface area contributed by atoms with Crippen LogP contribution in [0.4, 0.5) is 0 Å². The fourth-order valence-electron chi connectivity index (χ4n) is 9.04. The highest BCUT2D eigenvalue weighted by atomic mass is 32.2. The molecule has 0 amide bonds. The molecule has 0 N–H and O–H groups in total. The summed E-state index contributed by atoms with van der Waals surface area (Å²) in [6.07, 6.45) is 7.93. The van der Waals surface area contributed by atoms with E-state index in [1.807, 2.05) is 23.1 Å². The first-order valence-electron chi connectivity index (χ1n) is 18.0. The Balaban J connectivity index is 1.12. The van der Waals surface area contributed by atoms with Crippen molar-refractivity contribution in [2.24, 2.45) is 0 Å². The number of hydrogen-bond acceptors (Lipinski definition) is 2. The third-order valence-electron chi connectivity index (χ3n) is 11.3. The van der Waals surface area contributed by atoms with Gasteiger partial charge in [-0.05, 0) is 64.9 Å². The third kappa shape index (κ3) is 3.91. The van der Waals surface area contributed by atoms with Gasteiger partial charge in [-0.1, -0.05) is 133 Å². The summed E-state index contributed by atoms with van der Waals surface area (Å²) in [6, 6.07) is 54.1. The van der Waals surface area contributed by atoms with Crippen molar-refractivity contribution in [1.82, 2.24) is 9.13 Å². The molecular weight excluding hydrogens is 669 g/mol. The molecule has 4 heterocycles. The normalized spacial score (nSPS) is 15.4. The fourth-order valence-corrected chi connectivity index (χ4v) is 11.7. The number of para-hydroxylation sites is 3. The molecular formula is C48H30N2S2. The van der Waals surface area contributed by atoms with Gasteiger partial charge in [-0.25, -0.2) is 0 Å². The number of allylic oxidation sites excluding steroid dienone is 4. The molecule has 0 spiro atoms. The number of fused-ring (bicyclic) bond motifs is 13. The Hall–Kier alpha value is -5.81. The Labute approximate surface area is 308 Å². The van der Waals surface area contributed by atoms with Gasteiger partial charge in [0.15, 0.2) is 0 Å². The fraction of sp³-hybridized carbons (Fsp3) is 0.0417. The van der Waals surface area contributed by atoms with Gasteiger partial charge in [-0.3, -0.25) is 0 Å². The minimum absolute atomic E-state index is 0.494. The van der Waals surface area contributed by atoms with Gasteiger partial charge in [0.2, 0.25) is 0 Å². The lowest BCUT2D eigenvalue weighted by atomic mass is 9.90. The van der Waals surface area contributed by atoms with Crippen LogP contribution in [0.2, 0.25) is 0 Å². The van der Waals surface area contributed by atoms with E-state index in [0.717, 1.165) is 6.42 Å². The van der Waals surface area contributed by atoms with Crippen molar-refractivity contribution in [1.29, 1.82) is 0 Å². The highest BCUT2D eigenvalue weighted by Gasteiger charge is 2.31. The lowest BCUT2D eigenvalue weighted by Gasteiger charge is -2.13. The molecule has 4 heteroatoms. The predicted octanol–water partition coefficient (Wildman–Crippen LogP) is 13.9. The summed E-state index contributed by atoms with van der Waals surface area (Å²) in [4.78, 5) is 2.90. The number of thioether (sulfide) groups is 1. The largest absolute Gasteiger partial charge is 0.309 e. The van der Waals surface area contributed by atoms with Gasteiger partial charge in [-0.2, -0.15) is 0 Å². The van der Waals surface area contributed by atoms with E-state index in [2.05, 4.69) is 173 Å². The average Bonchev–Trinajstić information content (AvgIpc) is 3.95. The molecule has 3 aromatic heterocycles. The van der Waals surface area contributed by atoms with Gasteiger partial charge in [0.25, 0.3) is 0 Å². The predicted molar refractivity (Wildman–Crippen MR) is 224 cm³/mol. The summed E-state index contributed by atoms with van der Waals surface area (Å²) in [5.74, 6) is 0.494. The van der Waals surface area contributed by atoms with E-state index in [9.17, 15) is 0 Å². The number of thiophene rings is 1. The Morgan fingerprint density at radius 1 is 0.538 bits per heavy atom. The van der Waals surface area contributed by atoms with Crippen molar-refractivity contribution in [2.75, 3.05) is 0 Å². The van der Waals surface area contributed by atoms with Crippen molar-refractivity contribution < 1.29 is 0 Å². The number of hydrogen-bond donors (Lipinski definition) is 0. The number of rotatable bonds is 3. The Morgan fingerprint density at radius 2 is 1.29 bits per heavy atom. The van der Waals surface area contributed by atoms with E-state index in [4.69, 9.17) is 0 Å². The summed E-state index contributed by atoms with van der Waals surface area (Å²) >= 11 is 3.90. The lowest BCUT2D eigenvalue weighted by Crippen LogP contribution is -1.96. The molecule has 2 aliphatic rings. The number of benzene rings is 7. The van der Waals surface area contributed by atoms with Crippen LogP contribution >= 0.6 is 23.1 Å². The average molecular weight is 699 g/mol. The zero-order chi connectivity index (χ0) is 33.9. The van der Waals surface area contributed by atoms with Crippen LogP contribution in [0.25, 0.3) is 86.3 Å². The molecule has 0 saturated heterocycles. The van der Waals surface area contributed by atoms with E-state index in [1.54, 1.807) is 0 Å². The molecule has 12 rings (SSSR count). The van der Waals surface area contributed by atoms with E-state index in [1.165, 1.54) is 102 Å².